The first-order chi connectivity index (χ1) is 15.1. The van der Waals surface area contributed by atoms with Gasteiger partial charge in [0.15, 0.2) is 0 Å². The molecule has 31 heavy (non-hydrogen) atoms. The molecule has 1 fully saturated rings. The summed E-state index contributed by atoms with van der Waals surface area (Å²) in [5.74, 6) is 0.206. The van der Waals surface area contributed by atoms with Crippen LogP contribution < -0.4 is 10.6 Å². The number of rotatable bonds is 8. The first-order valence-corrected chi connectivity index (χ1v) is 11.6. The van der Waals surface area contributed by atoms with Crippen molar-refractivity contribution in [1.82, 2.24) is 10.6 Å². The van der Waals surface area contributed by atoms with Gasteiger partial charge in [0.25, 0.3) is 5.91 Å². The van der Waals surface area contributed by atoms with Crippen LogP contribution in [0.1, 0.15) is 41.7 Å². The molecule has 1 saturated carbocycles. The Bertz CT molecular complexity index is 1050. The van der Waals surface area contributed by atoms with E-state index >= 15 is 0 Å². The zero-order valence-electron chi connectivity index (χ0n) is 17.5. The van der Waals surface area contributed by atoms with E-state index in [1.807, 2.05) is 49.4 Å². The Balaban J connectivity index is 1.39. The van der Waals surface area contributed by atoms with Crippen LogP contribution in [0, 0.1) is 0 Å². The minimum absolute atomic E-state index is 0.0228. The summed E-state index contributed by atoms with van der Waals surface area (Å²) in [7, 11) is 0. The van der Waals surface area contributed by atoms with Crippen LogP contribution in [-0.4, -0.2) is 23.6 Å². The van der Waals surface area contributed by atoms with Crippen molar-refractivity contribution in [1.29, 1.82) is 0 Å². The fourth-order valence-electron chi connectivity index (χ4n) is 3.37. The molecule has 0 aromatic heterocycles. The summed E-state index contributed by atoms with van der Waals surface area (Å²) in [5, 5.41) is 6.07. The molecule has 0 radical (unpaired) electrons. The Kier molecular flexibility index (Phi) is 6.73. The summed E-state index contributed by atoms with van der Waals surface area (Å²) in [6.07, 6.45) is 2.14. The van der Waals surface area contributed by atoms with Crippen LogP contribution in [0.3, 0.4) is 0 Å². The third-order valence-corrected chi connectivity index (χ3v) is 6.37. The largest absolute Gasteiger partial charge is 0.353 e. The van der Waals surface area contributed by atoms with Crippen molar-refractivity contribution in [3.8, 4) is 11.1 Å². The first-order valence-electron chi connectivity index (χ1n) is 10.6. The van der Waals surface area contributed by atoms with Gasteiger partial charge in [0.05, 0.1) is 17.4 Å². The Morgan fingerprint density at radius 2 is 1.55 bits per heavy atom. The minimum Gasteiger partial charge on any atom is -0.353 e. The number of nitrogens with one attached hydrogen (secondary N) is 2. The first kappa shape index (κ1) is 21.2. The average Bonchev–Trinajstić information content (AvgIpc) is 3.62. The van der Waals surface area contributed by atoms with E-state index in [9.17, 15) is 9.59 Å². The number of carbonyl (C=O) groups excluding carboxylic acids is 2. The molecule has 158 valence electrons. The molecule has 1 aliphatic carbocycles. The van der Waals surface area contributed by atoms with Crippen molar-refractivity contribution in [2.24, 2.45) is 0 Å². The lowest BCUT2D eigenvalue weighted by molar-refractivity contribution is -0.118. The van der Waals surface area contributed by atoms with Gasteiger partial charge in [-0.25, -0.2) is 0 Å². The monoisotopic (exact) mass is 430 g/mol. The van der Waals surface area contributed by atoms with Crippen LogP contribution in [0.4, 0.5) is 0 Å². The second kappa shape index (κ2) is 9.84. The molecule has 1 unspecified atom stereocenters. The van der Waals surface area contributed by atoms with E-state index in [1.165, 1.54) is 17.3 Å². The molecule has 4 nitrogen and oxygen atoms in total. The Labute approximate surface area is 187 Å². The van der Waals surface area contributed by atoms with Gasteiger partial charge in [-0.05, 0) is 48.6 Å². The normalized spacial score (nSPS) is 14.0. The number of carbonyl (C=O) groups is 2. The van der Waals surface area contributed by atoms with Crippen molar-refractivity contribution in [2.75, 3.05) is 5.75 Å². The number of benzene rings is 3. The van der Waals surface area contributed by atoms with Gasteiger partial charge in [-0.2, -0.15) is 0 Å². The van der Waals surface area contributed by atoms with Gasteiger partial charge in [0.1, 0.15) is 0 Å². The van der Waals surface area contributed by atoms with Gasteiger partial charge >= 0.3 is 0 Å². The predicted octanol–water partition coefficient (Wildman–Crippen LogP) is 5.22. The molecule has 5 heteroatoms. The molecule has 0 bridgehead atoms. The summed E-state index contributed by atoms with van der Waals surface area (Å²) in [5.41, 5.74) is 3.96. The molecule has 2 amide bonds. The molecule has 1 aliphatic rings. The number of amides is 2. The maximum atomic E-state index is 12.9. The standard InChI is InChI=1S/C26H26N2O2S/c1-18(19-11-13-21(14-12-19)20-7-3-2-4-8-20)27-26(30)23-9-5-6-10-24(23)31-17-25(29)28-22-15-16-22/h2-14,18,22H,15-17H2,1H3,(H,27,30)(H,28,29). The van der Waals surface area contributed by atoms with E-state index in [1.54, 1.807) is 0 Å². The second-order valence-electron chi connectivity index (χ2n) is 7.81. The van der Waals surface area contributed by atoms with E-state index in [0.29, 0.717) is 17.4 Å². The third-order valence-electron chi connectivity index (χ3n) is 5.30. The fraction of sp³-hybridized carbons (Fsp3) is 0.231. The molecular weight excluding hydrogens is 404 g/mol. The highest BCUT2D eigenvalue weighted by Crippen LogP contribution is 2.25. The van der Waals surface area contributed by atoms with Gasteiger partial charge in [0, 0.05) is 10.9 Å². The lowest BCUT2D eigenvalue weighted by Gasteiger charge is -2.16. The van der Waals surface area contributed by atoms with Crippen LogP contribution in [0.15, 0.2) is 83.8 Å². The lowest BCUT2D eigenvalue weighted by Crippen LogP contribution is -2.28. The van der Waals surface area contributed by atoms with Crippen molar-refractivity contribution in [3.05, 3.63) is 90.0 Å². The summed E-state index contributed by atoms with van der Waals surface area (Å²) in [6.45, 7) is 1.98. The fourth-order valence-corrected chi connectivity index (χ4v) is 4.23. The second-order valence-corrected chi connectivity index (χ2v) is 8.83. The van der Waals surface area contributed by atoms with E-state index in [4.69, 9.17) is 0 Å². The van der Waals surface area contributed by atoms with E-state index in [0.717, 1.165) is 28.9 Å². The van der Waals surface area contributed by atoms with E-state index in [-0.39, 0.29) is 17.9 Å². The highest BCUT2D eigenvalue weighted by Gasteiger charge is 2.23. The van der Waals surface area contributed by atoms with Crippen LogP contribution in [0.5, 0.6) is 0 Å². The van der Waals surface area contributed by atoms with Crippen molar-refractivity contribution in [2.45, 2.75) is 36.7 Å². The predicted molar refractivity (Wildman–Crippen MR) is 126 cm³/mol. The summed E-state index contributed by atoms with van der Waals surface area (Å²) >= 11 is 1.40. The zero-order valence-corrected chi connectivity index (χ0v) is 18.3. The average molecular weight is 431 g/mol. The molecular formula is C26H26N2O2S. The van der Waals surface area contributed by atoms with Gasteiger partial charge in [-0.3, -0.25) is 9.59 Å². The quantitative estimate of drug-likeness (QED) is 0.482. The van der Waals surface area contributed by atoms with Crippen LogP contribution in [-0.2, 0) is 4.79 Å². The van der Waals surface area contributed by atoms with E-state index < -0.39 is 0 Å². The minimum atomic E-state index is -0.134. The molecule has 1 atom stereocenters. The molecule has 3 aromatic rings. The summed E-state index contributed by atoms with van der Waals surface area (Å²) in [4.78, 5) is 25.8. The van der Waals surface area contributed by atoms with Gasteiger partial charge in [-0.1, -0.05) is 66.7 Å². The molecule has 4 rings (SSSR count). The number of thioether (sulfide) groups is 1. The molecule has 2 N–H and O–H groups in total. The molecule has 0 aliphatic heterocycles. The van der Waals surface area contributed by atoms with Crippen LogP contribution in [0.2, 0.25) is 0 Å². The molecule has 0 heterocycles. The number of hydrogen-bond acceptors (Lipinski definition) is 3. The highest BCUT2D eigenvalue weighted by molar-refractivity contribution is 8.00. The van der Waals surface area contributed by atoms with Crippen LogP contribution in [0.25, 0.3) is 11.1 Å². The smallest absolute Gasteiger partial charge is 0.252 e. The van der Waals surface area contributed by atoms with Crippen LogP contribution >= 0.6 is 11.8 Å². The van der Waals surface area contributed by atoms with Gasteiger partial charge in [-0.15, -0.1) is 11.8 Å². The lowest BCUT2D eigenvalue weighted by atomic mass is 10.0. The van der Waals surface area contributed by atoms with Crippen molar-refractivity contribution >= 4 is 23.6 Å². The van der Waals surface area contributed by atoms with Gasteiger partial charge < -0.3 is 10.6 Å². The third kappa shape index (κ3) is 5.76. The van der Waals surface area contributed by atoms with Crippen molar-refractivity contribution in [3.63, 3.8) is 0 Å². The maximum Gasteiger partial charge on any atom is 0.252 e. The molecule has 3 aromatic carbocycles. The molecule has 0 saturated heterocycles. The SMILES string of the molecule is CC(NC(=O)c1ccccc1SCC(=O)NC1CC1)c1ccc(-c2ccccc2)cc1. The zero-order chi connectivity index (χ0) is 21.6. The highest BCUT2D eigenvalue weighted by atomic mass is 32.2. The summed E-state index contributed by atoms with van der Waals surface area (Å²) in [6, 6.07) is 26.1. The Morgan fingerprint density at radius 1 is 0.903 bits per heavy atom. The Hall–Kier alpha value is -3.05. The summed E-state index contributed by atoms with van der Waals surface area (Å²) < 4.78 is 0. The van der Waals surface area contributed by atoms with Crippen molar-refractivity contribution < 1.29 is 9.59 Å². The topological polar surface area (TPSA) is 58.2 Å². The molecule has 0 spiro atoms. The Morgan fingerprint density at radius 3 is 2.26 bits per heavy atom. The van der Waals surface area contributed by atoms with Gasteiger partial charge in [0.2, 0.25) is 5.91 Å². The van der Waals surface area contributed by atoms with E-state index in [2.05, 4.69) is 47.0 Å². The number of hydrogen-bond donors (Lipinski definition) is 2. The maximum absolute atomic E-state index is 12.9.